The number of thioether (sulfide) groups is 1. The third kappa shape index (κ3) is 3.32. The lowest BCUT2D eigenvalue weighted by molar-refractivity contribution is 0.442. The highest BCUT2D eigenvalue weighted by atomic mass is 35.5. The molecule has 0 atom stereocenters. The van der Waals surface area contributed by atoms with Crippen molar-refractivity contribution < 1.29 is 10.2 Å². The lowest BCUT2D eigenvalue weighted by Gasteiger charge is -2.05. The fourth-order valence-electron chi connectivity index (χ4n) is 1.37. The molecule has 0 unspecified atom stereocenters. The van der Waals surface area contributed by atoms with Crippen LogP contribution in [0.4, 0.5) is 0 Å². The monoisotopic (exact) mass is 266 g/mol. The molecule has 0 fully saturated rings. The van der Waals surface area contributed by atoms with Crippen LogP contribution in [0.2, 0.25) is 5.02 Å². The molecule has 0 aromatic heterocycles. The molecule has 0 heterocycles. The van der Waals surface area contributed by atoms with Crippen LogP contribution in [0.15, 0.2) is 47.4 Å². The Balaban J connectivity index is 2.04. The molecule has 2 nitrogen and oxygen atoms in total. The Morgan fingerprint density at radius 2 is 1.71 bits per heavy atom. The van der Waals surface area contributed by atoms with Crippen molar-refractivity contribution in [1.82, 2.24) is 0 Å². The fraction of sp³-hybridized carbons (Fsp3) is 0.0769. The van der Waals surface area contributed by atoms with Crippen molar-refractivity contribution in [3.8, 4) is 11.5 Å². The second kappa shape index (κ2) is 5.34. The van der Waals surface area contributed by atoms with E-state index in [4.69, 9.17) is 16.7 Å². The van der Waals surface area contributed by atoms with Gasteiger partial charge in [-0.05, 0) is 29.8 Å². The van der Waals surface area contributed by atoms with Crippen molar-refractivity contribution in [2.75, 3.05) is 0 Å². The number of rotatable bonds is 3. The third-order valence-electron chi connectivity index (χ3n) is 2.25. The number of phenols is 2. The maximum absolute atomic E-state index is 9.61. The van der Waals surface area contributed by atoms with Gasteiger partial charge in [-0.15, -0.1) is 11.8 Å². The van der Waals surface area contributed by atoms with Gasteiger partial charge in [-0.25, -0.2) is 0 Å². The molecule has 0 bridgehead atoms. The number of hydrogen-bond donors (Lipinski definition) is 2. The van der Waals surface area contributed by atoms with E-state index in [2.05, 4.69) is 0 Å². The van der Waals surface area contributed by atoms with Crippen LogP contribution in [-0.4, -0.2) is 10.2 Å². The van der Waals surface area contributed by atoms with E-state index in [1.54, 1.807) is 12.1 Å². The molecule has 0 aliphatic rings. The summed E-state index contributed by atoms with van der Waals surface area (Å²) in [6.45, 7) is 0. The van der Waals surface area contributed by atoms with E-state index < -0.39 is 0 Å². The molecule has 88 valence electrons. The van der Waals surface area contributed by atoms with Gasteiger partial charge in [-0.1, -0.05) is 23.7 Å². The van der Waals surface area contributed by atoms with Gasteiger partial charge < -0.3 is 10.2 Å². The standard InChI is InChI=1S/C13H11ClO2S/c14-10-3-1-9(2-4-10)8-17-13-6-5-11(15)7-12(13)16/h1-7,15-16H,8H2. The fourth-order valence-corrected chi connectivity index (χ4v) is 2.38. The highest BCUT2D eigenvalue weighted by Crippen LogP contribution is 2.33. The van der Waals surface area contributed by atoms with Crippen LogP contribution in [-0.2, 0) is 5.75 Å². The summed E-state index contributed by atoms with van der Waals surface area (Å²) in [5, 5.41) is 19.5. The SMILES string of the molecule is Oc1ccc(SCc2ccc(Cl)cc2)c(O)c1. The Morgan fingerprint density at radius 1 is 1.00 bits per heavy atom. The molecule has 0 saturated heterocycles. The van der Waals surface area contributed by atoms with Gasteiger partial charge in [0.25, 0.3) is 0 Å². The van der Waals surface area contributed by atoms with Gasteiger partial charge in [-0.2, -0.15) is 0 Å². The highest BCUT2D eigenvalue weighted by Gasteiger charge is 2.03. The van der Waals surface area contributed by atoms with Crippen LogP contribution in [0.25, 0.3) is 0 Å². The largest absolute Gasteiger partial charge is 0.508 e. The summed E-state index contributed by atoms with van der Waals surface area (Å²) in [7, 11) is 0. The van der Waals surface area contributed by atoms with Gasteiger partial charge in [0.05, 0.1) is 0 Å². The van der Waals surface area contributed by atoms with Crippen LogP contribution in [0, 0.1) is 0 Å². The minimum atomic E-state index is 0.0679. The predicted molar refractivity (Wildman–Crippen MR) is 70.8 cm³/mol. The molecule has 0 aliphatic heterocycles. The molecule has 0 saturated carbocycles. The summed E-state index contributed by atoms with van der Waals surface area (Å²) >= 11 is 7.31. The summed E-state index contributed by atoms with van der Waals surface area (Å²) in [6.07, 6.45) is 0. The Labute approximate surface area is 109 Å². The van der Waals surface area contributed by atoms with Crippen molar-refractivity contribution in [3.05, 3.63) is 53.1 Å². The zero-order valence-electron chi connectivity index (χ0n) is 8.93. The van der Waals surface area contributed by atoms with E-state index in [0.717, 1.165) is 16.2 Å². The van der Waals surface area contributed by atoms with E-state index >= 15 is 0 Å². The summed E-state index contributed by atoms with van der Waals surface area (Å²) < 4.78 is 0. The molecule has 17 heavy (non-hydrogen) atoms. The van der Waals surface area contributed by atoms with Gasteiger partial charge in [0.1, 0.15) is 11.5 Å². The summed E-state index contributed by atoms with van der Waals surface area (Å²) in [5.74, 6) is 0.914. The molecular weight excluding hydrogens is 256 g/mol. The average Bonchev–Trinajstić information content (AvgIpc) is 2.30. The Kier molecular flexibility index (Phi) is 3.82. The Bertz CT molecular complexity index is 511. The Hall–Kier alpha value is -1.32. The summed E-state index contributed by atoms with van der Waals surface area (Å²) in [6, 6.07) is 12.2. The quantitative estimate of drug-likeness (QED) is 0.824. The van der Waals surface area contributed by atoms with Gasteiger partial charge in [-0.3, -0.25) is 0 Å². The van der Waals surface area contributed by atoms with E-state index in [1.165, 1.54) is 17.8 Å². The number of benzene rings is 2. The molecular formula is C13H11ClO2S. The number of phenolic OH excluding ortho intramolecular Hbond substituents is 2. The first-order valence-corrected chi connectivity index (χ1v) is 6.41. The normalized spacial score (nSPS) is 10.4. The lowest BCUT2D eigenvalue weighted by Crippen LogP contribution is -1.80. The lowest BCUT2D eigenvalue weighted by atomic mass is 10.2. The van der Waals surface area contributed by atoms with Gasteiger partial charge in [0.2, 0.25) is 0 Å². The molecule has 0 spiro atoms. The Morgan fingerprint density at radius 3 is 2.35 bits per heavy atom. The highest BCUT2D eigenvalue weighted by molar-refractivity contribution is 7.98. The molecule has 0 radical (unpaired) electrons. The minimum Gasteiger partial charge on any atom is -0.508 e. The zero-order chi connectivity index (χ0) is 12.3. The van der Waals surface area contributed by atoms with Crippen molar-refractivity contribution in [3.63, 3.8) is 0 Å². The summed E-state index contributed by atoms with van der Waals surface area (Å²) in [4.78, 5) is 0.748. The zero-order valence-corrected chi connectivity index (χ0v) is 10.5. The van der Waals surface area contributed by atoms with E-state index in [9.17, 15) is 5.11 Å². The van der Waals surface area contributed by atoms with Crippen molar-refractivity contribution >= 4 is 23.4 Å². The first-order chi connectivity index (χ1) is 8.15. The smallest absolute Gasteiger partial charge is 0.132 e. The second-order valence-electron chi connectivity index (χ2n) is 3.57. The molecule has 2 aromatic rings. The number of hydrogen-bond acceptors (Lipinski definition) is 3. The first kappa shape index (κ1) is 12.1. The van der Waals surface area contributed by atoms with Crippen LogP contribution in [0.5, 0.6) is 11.5 Å². The van der Waals surface area contributed by atoms with E-state index in [0.29, 0.717) is 5.02 Å². The molecule has 2 N–H and O–H groups in total. The van der Waals surface area contributed by atoms with Crippen LogP contribution >= 0.6 is 23.4 Å². The number of halogens is 1. The van der Waals surface area contributed by atoms with Crippen molar-refractivity contribution in [2.24, 2.45) is 0 Å². The molecule has 0 amide bonds. The molecule has 0 aliphatic carbocycles. The van der Waals surface area contributed by atoms with Gasteiger partial charge in [0.15, 0.2) is 0 Å². The topological polar surface area (TPSA) is 40.5 Å². The predicted octanol–water partition coefficient (Wildman–Crippen LogP) is 4.04. The van der Waals surface area contributed by atoms with Crippen LogP contribution in [0.1, 0.15) is 5.56 Å². The van der Waals surface area contributed by atoms with Crippen LogP contribution < -0.4 is 0 Å². The third-order valence-corrected chi connectivity index (χ3v) is 3.64. The average molecular weight is 267 g/mol. The first-order valence-electron chi connectivity index (χ1n) is 5.04. The molecule has 2 aromatic carbocycles. The maximum Gasteiger partial charge on any atom is 0.132 e. The number of aromatic hydroxyl groups is 2. The van der Waals surface area contributed by atoms with E-state index in [-0.39, 0.29) is 11.5 Å². The van der Waals surface area contributed by atoms with Crippen molar-refractivity contribution in [2.45, 2.75) is 10.6 Å². The van der Waals surface area contributed by atoms with Gasteiger partial charge >= 0.3 is 0 Å². The van der Waals surface area contributed by atoms with Crippen LogP contribution in [0.3, 0.4) is 0 Å². The maximum atomic E-state index is 9.61. The minimum absolute atomic E-state index is 0.0679. The summed E-state index contributed by atoms with van der Waals surface area (Å²) in [5.41, 5.74) is 1.13. The van der Waals surface area contributed by atoms with E-state index in [1.807, 2.05) is 24.3 Å². The molecule has 4 heteroatoms. The van der Waals surface area contributed by atoms with Gasteiger partial charge in [0, 0.05) is 21.7 Å². The van der Waals surface area contributed by atoms with Crippen molar-refractivity contribution in [1.29, 1.82) is 0 Å². The second-order valence-corrected chi connectivity index (χ2v) is 5.02. The molecule has 2 rings (SSSR count).